The first-order chi connectivity index (χ1) is 9.70. The van der Waals surface area contributed by atoms with Gasteiger partial charge >= 0.3 is 6.09 Å². The Morgan fingerprint density at radius 1 is 1.30 bits per heavy atom. The molecule has 0 aromatic carbocycles. The molecular weight excluding hydrogens is 276 g/mol. The number of ether oxygens (including phenoxy) is 1. The average molecular weight is 294 g/mol. The SMILES string of the molecule is C=CCOC(=O)N1CCN(C(=O)Cc2cccs2)CC1. The van der Waals surface area contributed by atoms with Crippen molar-refractivity contribution in [3.8, 4) is 0 Å². The molecule has 108 valence electrons. The van der Waals surface area contributed by atoms with E-state index in [2.05, 4.69) is 6.58 Å². The summed E-state index contributed by atoms with van der Waals surface area (Å²) in [6.07, 6.45) is 1.65. The van der Waals surface area contributed by atoms with Crippen molar-refractivity contribution in [3.63, 3.8) is 0 Å². The van der Waals surface area contributed by atoms with E-state index in [0.717, 1.165) is 4.88 Å². The van der Waals surface area contributed by atoms with Gasteiger partial charge in [-0.05, 0) is 11.4 Å². The summed E-state index contributed by atoms with van der Waals surface area (Å²) in [5, 5.41) is 1.97. The van der Waals surface area contributed by atoms with Crippen LogP contribution in [0.3, 0.4) is 0 Å². The molecule has 20 heavy (non-hydrogen) atoms. The maximum atomic E-state index is 12.1. The molecule has 0 bridgehead atoms. The second kappa shape index (κ2) is 7.09. The van der Waals surface area contributed by atoms with Crippen LogP contribution in [0.2, 0.25) is 0 Å². The summed E-state index contributed by atoms with van der Waals surface area (Å²) in [5.41, 5.74) is 0. The number of carbonyl (C=O) groups excluding carboxylic acids is 2. The molecule has 5 nitrogen and oxygen atoms in total. The van der Waals surface area contributed by atoms with Crippen LogP contribution in [0.25, 0.3) is 0 Å². The van der Waals surface area contributed by atoms with Crippen molar-refractivity contribution in [1.82, 2.24) is 9.80 Å². The van der Waals surface area contributed by atoms with Crippen molar-refractivity contribution < 1.29 is 14.3 Å². The molecule has 0 spiro atoms. The fourth-order valence-electron chi connectivity index (χ4n) is 2.03. The Labute approximate surface area is 122 Å². The fourth-order valence-corrected chi connectivity index (χ4v) is 2.73. The lowest BCUT2D eigenvalue weighted by molar-refractivity contribution is -0.132. The molecule has 0 N–H and O–H groups in total. The number of amides is 2. The molecule has 0 atom stereocenters. The monoisotopic (exact) mass is 294 g/mol. The topological polar surface area (TPSA) is 49.9 Å². The van der Waals surface area contributed by atoms with E-state index in [0.29, 0.717) is 32.6 Å². The molecule has 0 unspecified atom stereocenters. The molecule has 1 aliphatic rings. The quantitative estimate of drug-likeness (QED) is 0.795. The number of hydrogen-bond acceptors (Lipinski definition) is 4. The van der Waals surface area contributed by atoms with Crippen LogP contribution in [0, 0.1) is 0 Å². The lowest BCUT2D eigenvalue weighted by Gasteiger charge is -2.34. The molecule has 1 saturated heterocycles. The Hall–Kier alpha value is -1.82. The first kappa shape index (κ1) is 14.6. The minimum absolute atomic E-state index is 0.117. The zero-order valence-corrected chi connectivity index (χ0v) is 12.1. The highest BCUT2D eigenvalue weighted by molar-refractivity contribution is 7.10. The van der Waals surface area contributed by atoms with Gasteiger partial charge in [0.2, 0.25) is 5.91 Å². The van der Waals surface area contributed by atoms with Crippen molar-refractivity contribution in [2.24, 2.45) is 0 Å². The highest BCUT2D eigenvalue weighted by Crippen LogP contribution is 2.12. The van der Waals surface area contributed by atoms with Gasteiger partial charge in [-0.1, -0.05) is 18.7 Å². The molecule has 6 heteroatoms. The van der Waals surface area contributed by atoms with Crippen LogP contribution in [0.4, 0.5) is 4.79 Å². The van der Waals surface area contributed by atoms with E-state index in [1.807, 2.05) is 17.5 Å². The summed E-state index contributed by atoms with van der Waals surface area (Å²) in [4.78, 5) is 28.2. The van der Waals surface area contributed by atoms with Crippen LogP contribution < -0.4 is 0 Å². The summed E-state index contributed by atoms with van der Waals surface area (Å²) >= 11 is 1.59. The summed E-state index contributed by atoms with van der Waals surface area (Å²) in [7, 11) is 0. The van der Waals surface area contributed by atoms with Crippen LogP contribution in [0.5, 0.6) is 0 Å². The van der Waals surface area contributed by atoms with Gasteiger partial charge in [0.25, 0.3) is 0 Å². The van der Waals surface area contributed by atoms with E-state index in [9.17, 15) is 9.59 Å². The predicted octanol–water partition coefficient (Wildman–Crippen LogP) is 1.76. The average Bonchev–Trinajstić information content (AvgIpc) is 2.97. The third kappa shape index (κ3) is 3.84. The minimum atomic E-state index is -0.338. The lowest BCUT2D eigenvalue weighted by Crippen LogP contribution is -2.51. The van der Waals surface area contributed by atoms with Crippen molar-refractivity contribution in [3.05, 3.63) is 35.0 Å². The lowest BCUT2D eigenvalue weighted by atomic mass is 10.2. The predicted molar refractivity (Wildman–Crippen MR) is 77.7 cm³/mol. The summed E-state index contributed by atoms with van der Waals surface area (Å²) in [6, 6.07) is 3.91. The Kier molecular flexibility index (Phi) is 5.17. The molecule has 1 aliphatic heterocycles. The molecule has 1 aromatic heterocycles. The normalized spacial score (nSPS) is 15.0. The fraction of sp³-hybridized carbons (Fsp3) is 0.429. The van der Waals surface area contributed by atoms with Crippen LogP contribution in [0.1, 0.15) is 4.88 Å². The van der Waals surface area contributed by atoms with Crippen LogP contribution in [0.15, 0.2) is 30.2 Å². The van der Waals surface area contributed by atoms with Crippen LogP contribution in [-0.4, -0.2) is 54.6 Å². The van der Waals surface area contributed by atoms with Gasteiger partial charge in [0.15, 0.2) is 0 Å². The van der Waals surface area contributed by atoms with Crippen molar-refractivity contribution in [2.45, 2.75) is 6.42 Å². The Morgan fingerprint density at radius 3 is 2.60 bits per heavy atom. The third-order valence-corrected chi connectivity index (χ3v) is 4.00. The molecular formula is C14H18N2O3S. The smallest absolute Gasteiger partial charge is 0.410 e. The first-order valence-corrected chi connectivity index (χ1v) is 7.41. The molecule has 2 heterocycles. The Balaban J connectivity index is 1.77. The largest absolute Gasteiger partial charge is 0.445 e. The van der Waals surface area contributed by atoms with E-state index in [-0.39, 0.29) is 18.6 Å². The van der Waals surface area contributed by atoms with Gasteiger partial charge in [-0.15, -0.1) is 11.3 Å². The number of hydrogen-bond donors (Lipinski definition) is 0. The number of thiophene rings is 1. The van der Waals surface area contributed by atoms with E-state index in [1.54, 1.807) is 27.2 Å². The third-order valence-electron chi connectivity index (χ3n) is 3.12. The first-order valence-electron chi connectivity index (χ1n) is 6.53. The molecule has 0 saturated carbocycles. The highest BCUT2D eigenvalue weighted by Gasteiger charge is 2.24. The van der Waals surface area contributed by atoms with Crippen molar-refractivity contribution >= 4 is 23.3 Å². The number of piperazine rings is 1. The maximum absolute atomic E-state index is 12.1. The molecule has 1 aromatic rings. The van der Waals surface area contributed by atoms with Gasteiger partial charge in [-0.3, -0.25) is 4.79 Å². The maximum Gasteiger partial charge on any atom is 0.410 e. The van der Waals surface area contributed by atoms with E-state index in [4.69, 9.17) is 4.74 Å². The van der Waals surface area contributed by atoms with Gasteiger partial charge in [-0.25, -0.2) is 4.79 Å². The van der Waals surface area contributed by atoms with Crippen LogP contribution in [-0.2, 0) is 16.0 Å². The zero-order valence-electron chi connectivity index (χ0n) is 11.3. The van der Waals surface area contributed by atoms with Gasteiger partial charge in [0.05, 0.1) is 6.42 Å². The van der Waals surface area contributed by atoms with Gasteiger partial charge in [0.1, 0.15) is 6.61 Å². The number of nitrogens with zero attached hydrogens (tertiary/aromatic N) is 2. The minimum Gasteiger partial charge on any atom is -0.445 e. The molecule has 1 fully saturated rings. The van der Waals surface area contributed by atoms with Gasteiger partial charge < -0.3 is 14.5 Å². The standard InChI is InChI=1S/C14H18N2O3S/c1-2-9-19-14(18)16-7-5-15(6-8-16)13(17)11-12-4-3-10-20-12/h2-4,10H,1,5-9,11H2. The van der Waals surface area contributed by atoms with Crippen molar-refractivity contribution in [1.29, 1.82) is 0 Å². The van der Waals surface area contributed by atoms with Gasteiger partial charge in [0, 0.05) is 31.1 Å². The highest BCUT2D eigenvalue weighted by atomic mass is 32.1. The van der Waals surface area contributed by atoms with E-state index >= 15 is 0 Å². The molecule has 2 rings (SSSR count). The van der Waals surface area contributed by atoms with Crippen LogP contribution >= 0.6 is 11.3 Å². The van der Waals surface area contributed by atoms with E-state index in [1.165, 1.54) is 0 Å². The Bertz CT molecular complexity index is 465. The summed E-state index contributed by atoms with van der Waals surface area (Å²) in [6.45, 7) is 5.89. The number of carbonyl (C=O) groups is 2. The molecule has 0 radical (unpaired) electrons. The second-order valence-corrected chi connectivity index (χ2v) is 5.52. The number of rotatable bonds is 4. The van der Waals surface area contributed by atoms with E-state index < -0.39 is 0 Å². The van der Waals surface area contributed by atoms with Crippen molar-refractivity contribution in [2.75, 3.05) is 32.8 Å². The molecule has 0 aliphatic carbocycles. The second-order valence-electron chi connectivity index (χ2n) is 4.49. The summed E-state index contributed by atoms with van der Waals surface area (Å²) in [5.74, 6) is 0.117. The molecule has 2 amide bonds. The zero-order chi connectivity index (χ0) is 14.4. The van der Waals surface area contributed by atoms with Gasteiger partial charge in [-0.2, -0.15) is 0 Å². The summed E-state index contributed by atoms with van der Waals surface area (Å²) < 4.78 is 4.98. The Morgan fingerprint density at radius 2 is 2.00 bits per heavy atom.